The highest BCUT2D eigenvalue weighted by atomic mass is 35.5. The monoisotopic (exact) mass is 323 g/mol. The van der Waals surface area contributed by atoms with Crippen molar-refractivity contribution in [1.82, 2.24) is 15.5 Å². The fraction of sp³-hybridized carbons (Fsp3) is 0.588. The lowest BCUT2D eigenvalue weighted by Gasteiger charge is -2.31. The zero-order valence-electron chi connectivity index (χ0n) is 13.3. The molecule has 2 rings (SSSR count). The number of hydrogen-bond donors (Lipinski definition) is 2. The number of carbonyl (C=O) groups excluding carboxylic acids is 1. The second-order valence-corrected chi connectivity index (χ2v) is 6.45. The van der Waals surface area contributed by atoms with Crippen molar-refractivity contribution in [3.8, 4) is 0 Å². The van der Waals surface area contributed by atoms with E-state index < -0.39 is 0 Å². The van der Waals surface area contributed by atoms with Crippen LogP contribution in [0.25, 0.3) is 0 Å². The van der Waals surface area contributed by atoms with Crippen molar-refractivity contribution in [2.45, 2.75) is 25.8 Å². The second-order valence-electron chi connectivity index (χ2n) is 6.01. The maximum Gasteiger partial charge on any atom is 0.234 e. The topological polar surface area (TPSA) is 44.4 Å². The maximum absolute atomic E-state index is 12.0. The number of halogens is 1. The first-order valence-corrected chi connectivity index (χ1v) is 8.43. The average molecular weight is 324 g/mol. The standard InChI is InChI=1S/C17H26ClN3O/c1-19-9-6-14-7-10-21(11-8-14)13-17(22)20-12-15-2-4-16(18)5-3-15/h2-5,14,19H,6-13H2,1H3,(H,20,22). The van der Waals surface area contributed by atoms with Crippen molar-refractivity contribution in [3.63, 3.8) is 0 Å². The molecule has 22 heavy (non-hydrogen) atoms. The molecule has 1 aromatic rings. The number of likely N-dealkylation sites (tertiary alicyclic amines) is 1. The molecule has 0 saturated carbocycles. The Kier molecular flexibility index (Phi) is 7.16. The Bertz CT molecular complexity index is 455. The number of nitrogens with one attached hydrogen (secondary N) is 2. The Balaban J connectivity index is 1.64. The number of nitrogens with zero attached hydrogens (tertiary/aromatic N) is 1. The predicted octanol–water partition coefficient (Wildman–Crippen LogP) is 2.28. The second kappa shape index (κ2) is 9.13. The van der Waals surface area contributed by atoms with Gasteiger partial charge in [0.25, 0.3) is 0 Å². The largest absolute Gasteiger partial charge is 0.351 e. The summed E-state index contributed by atoms with van der Waals surface area (Å²) >= 11 is 5.85. The molecule has 1 fully saturated rings. The molecule has 0 unspecified atom stereocenters. The zero-order valence-corrected chi connectivity index (χ0v) is 14.0. The molecule has 2 N–H and O–H groups in total. The first-order valence-electron chi connectivity index (χ1n) is 8.05. The molecule has 1 heterocycles. The first-order chi connectivity index (χ1) is 10.7. The minimum Gasteiger partial charge on any atom is -0.351 e. The highest BCUT2D eigenvalue weighted by molar-refractivity contribution is 6.30. The normalized spacial score (nSPS) is 16.6. The van der Waals surface area contributed by atoms with E-state index in [2.05, 4.69) is 15.5 Å². The quantitative estimate of drug-likeness (QED) is 0.809. The molecule has 0 atom stereocenters. The van der Waals surface area contributed by atoms with Gasteiger partial charge in [0.1, 0.15) is 0 Å². The van der Waals surface area contributed by atoms with Gasteiger partial charge >= 0.3 is 0 Å². The van der Waals surface area contributed by atoms with E-state index >= 15 is 0 Å². The lowest BCUT2D eigenvalue weighted by Crippen LogP contribution is -2.41. The summed E-state index contributed by atoms with van der Waals surface area (Å²) in [7, 11) is 2.00. The van der Waals surface area contributed by atoms with Crippen LogP contribution in [0.2, 0.25) is 5.02 Å². The van der Waals surface area contributed by atoms with E-state index in [4.69, 9.17) is 11.6 Å². The molecule has 122 valence electrons. The van der Waals surface area contributed by atoms with Gasteiger partial charge < -0.3 is 10.6 Å². The molecule has 0 aliphatic carbocycles. The van der Waals surface area contributed by atoms with E-state index in [1.165, 1.54) is 19.3 Å². The molecule has 1 saturated heterocycles. The Hall–Kier alpha value is -1.10. The van der Waals surface area contributed by atoms with Gasteiger partial charge in [-0.05, 0) is 69.6 Å². The number of benzene rings is 1. The number of hydrogen-bond acceptors (Lipinski definition) is 3. The highest BCUT2D eigenvalue weighted by Gasteiger charge is 2.20. The van der Waals surface area contributed by atoms with Crippen LogP contribution in [0.15, 0.2) is 24.3 Å². The Morgan fingerprint density at radius 1 is 1.27 bits per heavy atom. The van der Waals surface area contributed by atoms with Crippen LogP contribution in [-0.4, -0.2) is 44.0 Å². The van der Waals surface area contributed by atoms with Crippen LogP contribution in [0.4, 0.5) is 0 Å². The summed E-state index contributed by atoms with van der Waals surface area (Å²) < 4.78 is 0. The lowest BCUT2D eigenvalue weighted by molar-refractivity contribution is -0.122. The van der Waals surface area contributed by atoms with Crippen LogP contribution in [0.3, 0.4) is 0 Å². The fourth-order valence-corrected chi connectivity index (χ4v) is 2.97. The average Bonchev–Trinajstić information content (AvgIpc) is 2.54. The Morgan fingerprint density at radius 3 is 2.59 bits per heavy atom. The smallest absolute Gasteiger partial charge is 0.234 e. The van der Waals surface area contributed by atoms with E-state index in [1.54, 1.807) is 0 Å². The van der Waals surface area contributed by atoms with E-state index in [1.807, 2.05) is 31.3 Å². The number of piperidine rings is 1. The van der Waals surface area contributed by atoms with Gasteiger partial charge in [-0.3, -0.25) is 9.69 Å². The molecule has 4 nitrogen and oxygen atoms in total. The van der Waals surface area contributed by atoms with E-state index in [9.17, 15) is 4.79 Å². The zero-order chi connectivity index (χ0) is 15.8. The molecular formula is C17H26ClN3O. The molecular weight excluding hydrogens is 298 g/mol. The fourth-order valence-electron chi connectivity index (χ4n) is 2.84. The Morgan fingerprint density at radius 2 is 1.95 bits per heavy atom. The van der Waals surface area contributed by atoms with Gasteiger partial charge in [0.2, 0.25) is 5.91 Å². The third-order valence-electron chi connectivity index (χ3n) is 4.28. The SMILES string of the molecule is CNCCC1CCN(CC(=O)NCc2ccc(Cl)cc2)CC1. The van der Waals surface area contributed by atoms with Crippen LogP contribution in [0, 0.1) is 5.92 Å². The molecule has 1 aromatic carbocycles. The summed E-state index contributed by atoms with van der Waals surface area (Å²) in [5, 5.41) is 6.90. The predicted molar refractivity (Wildman–Crippen MR) is 91.0 cm³/mol. The van der Waals surface area contributed by atoms with Crippen molar-refractivity contribution in [2.24, 2.45) is 5.92 Å². The van der Waals surface area contributed by atoms with Gasteiger partial charge in [-0.2, -0.15) is 0 Å². The van der Waals surface area contributed by atoms with Crippen molar-refractivity contribution in [1.29, 1.82) is 0 Å². The third-order valence-corrected chi connectivity index (χ3v) is 4.53. The van der Waals surface area contributed by atoms with Crippen LogP contribution in [-0.2, 0) is 11.3 Å². The van der Waals surface area contributed by atoms with Gasteiger partial charge in [0, 0.05) is 11.6 Å². The summed E-state index contributed by atoms with van der Waals surface area (Å²) in [6, 6.07) is 7.57. The molecule has 0 aromatic heterocycles. The van der Waals surface area contributed by atoms with Crippen molar-refractivity contribution in [3.05, 3.63) is 34.9 Å². The van der Waals surface area contributed by atoms with Gasteiger partial charge in [-0.1, -0.05) is 23.7 Å². The highest BCUT2D eigenvalue weighted by Crippen LogP contribution is 2.19. The minimum absolute atomic E-state index is 0.101. The first kappa shape index (κ1) is 17.3. The molecule has 1 aliphatic heterocycles. The van der Waals surface area contributed by atoms with Crippen LogP contribution in [0.1, 0.15) is 24.8 Å². The van der Waals surface area contributed by atoms with Crippen LogP contribution in [0.5, 0.6) is 0 Å². The molecule has 1 aliphatic rings. The lowest BCUT2D eigenvalue weighted by atomic mass is 9.93. The third kappa shape index (κ3) is 5.95. The van der Waals surface area contributed by atoms with E-state index in [-0.39, 0.29) is 5.91 Å². The minimum atomic E-state index is 0.101. The summed E-state index contributed by atoms with van der Waals surface area (Å²) in [6.45, 7) is 4.22. The number of carbonyl (C=O) groups is 1. The van der Waals surface area contributed by atoms with Gasteiger partial charge in [0.15, 0.2) is 0 Å². The van der Waals surface area contributed by atoms with Crippen LogP contribution < -0.4 is 10.6 Å². The molecule has 5 heteroatoms. The maximum atomic E-state index is 12.0. The summed E-state index contributed by atoms with van der Waals surface area (Å²) in [5.41, 5.74) is 1.07. The Labute approximate surface area is 138 Å². The van der Waals surface area contributed by atoms with Crippen molar-refractivity contribution >= 4 is 17.5 Å². The van der Waals surface area contributed by atoms with Gasteiger partial charge in [0.05, 0.1) is 6.54 Å². The molecule has 0 radical (unpaired) electrons. The van der Waals surface area contributed by atoms with Crippen molar-refractivity contribution in [2.75, 3.05) is 33.2 Å². The van der Waals surface area contributed by atoms with E-state index in [0.29, 0.717) is 13.1 Å². The number of rotatable bonds is 7. The van der Waals surface area contributed by atoms with Crippen LogP contribution >= 0.6 is 11.6 Å². The molecule has 1 amide bonds. The summed E-state index contributed by atoms with van der Waals surface area (Å²) in [5.74, 6) is 0.907. The molecule has 0 spiro atoms. The van der Waals surface area contributed by atoms with E-state index in [0.717, 1.165) is 36.1 Å². The van der Waals surface area contributed by atoms with Gasteiger partial charge in [-0.15, -0.1) is 0 Å². The summed E-state index contributed by atoms with van der Waals surface area (Å²) in [4.78, 5) is 14.3. The molecule has 0 bridgehead atoms. The summed E-state index contributed by atoms with van der Waals surface area (Å²) in [6.07, 6.45) is 3.64. The van der Waals surface area contributed by atoms with Crippen molar-refractivity contribution < 1.29 is 4.79 Å². The van der Waals surface area contributed by atoms with Gasteiger partial charge in [-0.25, -0.2) is 0 Å². The number of amides is 1.